The Hall–Kier alpha value is -2.84. The Balaban J connectivity index is 1.22. The van der Waals surface area contributed by atoms with Gasteiger partial charge in [-0.2, -0.15) is 5.26 Å². The van der Waals surface area contributed by atoms with Crippen molar-refractivity contribution in [2.45, 2.75) is 43.8 Å². The molecular weight excluding hydrogens is 444 g/mol. The van der Waals surface area contributed by atoms with Crippen LogP contribution in [-0.2, 0) is 12.2 Å². The molecule has 1 aliphatic rings. The Labute approximate surface area is 207 Å². The summed E-state index contributed by atoms with van der Waals surface area (Å²) in [5.74, 6) is 0.685. The number of piperidine rings is 1. The summed E-state index contributed by atoms with van der Waals surface area (Å²) >= 11 is 5.98. The summed E-state index contributed by atoms with van der Waals surface area (Å²) in [5.41, 5.74) is 2.33. The van der Waals surface area contributed by atoms with Gasteiger partial charge in [0.2, 0.25) is 0 Å². The molecule has 0 saturated carbocycles. The van der Waals surface area contributed by atoms with E-state index in [9.17, 15) is 10.4 Å². The van der Waals surface area contributed by atoms with Gasteiger partial charge in [0.05, 0.1) is 17.6 Å². The maximum absolute atomic E-state index is 11.1. The van der Waals surface area contributed by atoms with Crippen molar-refractivity contribution in [2.24, 2.45) is 0 Å². The van der Waals surface area contributed by atoms with Crippen LogP contribution in [0.1, 0.15) is 48.3 Å². The van der Waals surface area contributed by atoms with Gasteiger partial charge in [0.25, 0.3) is 0 Å². The first-order chi connectivity index (χ1) is 16.6. The minimum absolute atomic E-state index is 0.126. The smallest absolute Gasteiger partial charge is 0.119 e. The first kappa shape index (κ1) is 24.3. The molecule has 5 heteroatoms. The second-order valence-corrected chi connectivity index (χ2v) is 9.48. The maximum atomic E-state index is 11.1. The fraction of sp³-hybridized carbons (Fsp3) is 0.345. The van der Waals surface area contributed by atoms with Crippen molar-refractivity contribution in [1.29, 1.82) is 5.26 Å². The second kappa shape index (κ2) is 11.5. The molecule has 1 N–H and O–H groups in total. The number of halogens is 1. The zero-order chi connectivity index (χ0) is 23.8. The summed E-state index contributed by atoms with van der Waals surface area (Å²) in [4.78, 5) is 2.39. The third-order valence-electron chi connectivity index (χ3n) is 6.72. The highest BCUT2D eigenvalue weighted by Gasteiger charge is 2.33. The number of hydrogen-bond donors (Lipinski definition) is 1. The van der Waals surface area contributed by atoms with Gasteiger partial charge in [-0.25, -0.2) is 0 Å². The van der Waals surface area contributed by atoms with Crippen LogP contribution in [0.25, 0.3) is 0 Å². The largest absolute Gasteiger partial charge is 0.489 e. The molecule has 0 aliphatic carbocycles. The van der Waals surface area contributed by atoms with Crippen LogP contribution in [-0.4, -0.2) is 29.6 Å². The lowest BCUT2D eigenvalue weighted by molar-refractivity contribution is -0.0261. The van der Waals surface area contributed by atoms with E-state index >= 15 is 0 Å². The van der Waals surface area contributed by atoms with Crippen LogP contribution < -0.4 is 4.74 Å². The second-order valence-electron chi connectivity index (χ2n) is 9.05. The third-order valence-corrected chi connectivity index (χ3v) is 6.97. The number of aliphatic hydroxyl groups is 1. The molecule has 0 aromatic heterocycles. The molecule has 34 heavy (non-hydrogen) atoms. The Bertz CT molecular complexity index is 1070. The predicted molar refractivity (Wildman–Crippen MR) is 136 cm³/mol. The quantitative estimate of drug-likeness (QED) is 0.396. The number of nitrogens with zero attached hydrogens (tertiary/aromatic N) is 2. The zero-order valence-corrected chi connectivity index (χ0v) is 20.1. The van der Waals surface area contributed by atoms with Crippen LogP contribution in [0.5, 0.6) is 5.75 Å². The van der Waals surface area contributed by atoms with Crippen molar-refractivity contribution in [2.75, 3.05) is 19.6 Å². The highest BCUT2D eigenvalue weighted by molar-refractivity contribution is 6.30. The monoisotopic (exact) mass is 474 g/mol. The van der Waals surface area contributed by atoms with Gasteiger partial charge in [-0.3, -0.25) is 0 Å². The summed E-state index contributed by atoms with van der Waals surface area (Å²) in [6.07, 6.45) is 3.18. The van der Waals surface area contributed by atoms with Crippen LogP contribution in [0.3, 0.4) is 0 Å². The van der Waals surface area contributed by atoms with Crippen LogP contribution >= 0.6 is 11.6 Å². The number of nitriles is 1. The van der Waals surface area contributed by atoms with Crippen molar-refractivity contribution in [1.82, 2.24) is 4.90 Å². The molecule has 1 fully saturated rings. The molecule has 4 rings (SSSR count). The van der Waals surface area contributed by atoms with Crippen molar-refractivity contribution in [3.05, 3.63) is 101 Å². The Morgan fingerprint density at radius 3 is 2.29 bits per heavy atom. The van der Waals surface area contributed by atoms with Crippen LogP contribution in [0.15, 0.2) is 78.9 Å². The summed E-state index contributed by atoms with van der Waals surface area (Å²) in [5, 5.41) is 21.5. The predicted octanol–water partition coefficient (Wildman–Crippen LogP) is 6.29. The molecule has 3 aromatic carbocycles. The van der Waals surface area contributed by atoms with E-state index in [-0.39, 0.29) is 5.92 Å². The van der Waals surface area contributed by atoms with Gasteiger partial charge in [0.1, 0.15) is 12.4 Å². The molecule has 176 valence electrons. The number of rotatable bonds is 9. The molecule has 3 aromatic rings. The molecule has 1 heterocycles. The molecule has 0 radical (unpaired) electrons. The van der Waals surface area contributed by atoms with Crippen molar-refractivity contribution in [3.8, 4) is 11.8 Å². The molecule has 1 atom stereocenters. The number of benzene rings is 3. The van der Waals surface area contributed by atoms with Crippen molar-refractivity contribution < 1.29 is 9.84 Å². The van der Waals surface area contributed by atoms with Gasteiger partial charge in [0.15, 0.2) is 0 Å². The number of likely N-dealkylation sites (tertiary alicyclic amines) is 1. The van der Waals surface area contributed by atoms with Crippen LogP contribution in [0.2, 0.25) is 5.02 Å². The lowest BCUT2D eigenvalue weighted by Crippen LogP contribution is -2.42. The average molecular weight is 475 g/mol. The lowest BCUT2D eigenvalue weighted by atomic mass is 9.84. The minimum Gasteiger partial charge on any atom is -0.489 e. The number of ether oxygens (including phenoxy) is 1. The van der Waals surface area contributed by atoms with E-state index in [1.165, 1.54) is 0 Å². The lowest BCUT2D eigenvalue weighted by Gasteiger charge is -2.38. The van der Waals surface area contributed by atoms with Crippen LogP contribution in [0.4, 0.5) is 0 Å². The average Bonchev–Trinajstić information content (AvgIpc) is 2.88. The SMILES string of the molecule is N#CC(CCCN1CCC(O)(c2ccc(Cl)cc2)CC1)c1ccc(OCc2ccccc2)cc1. The Morgan fingerprint density at radius 1 is 0.971 bits per heavy atom. The van der Waals surface area contributed by atoms with E-state index < -0.39 is 5.60 Å². The van der Waals surface area contributed by atoms with E-state index in [1.54, 1.807) is 0 Å². The van der Waals surface area contributed by atoms with Crippen molar-refractivity contribution in [3.63, 3.8) is 0 Å². The maximum Gasteiger partial charge on any atom is 0.119 e. The normalized spacial score (nSPS) is 16.5. The summed E-state index contributed by atoms with van der Waals surface area (Å²) in [6.45, 7) is 3.17. The zero-order valence-electron chi connectivity index (χ0n) is 19.4. The van der Waals surface area contributed by atoms with E-state index in [4.69, 9.17) is 16.3 Å². The molecular formula is C29H31ClN2O2. The van der Waals surface area contributed by atoms with Gasteiger partial charge in [0, 0.05) is 18.1 Å². The van der Waals surface area contributed by atoms with E-state index in [2.05, 4.69) is 11.0 Å². The standard InChI is InChI=1S/C29H31ClN2O2/c30-27-12-10-26(11-13-27)29(33)16-19-32(20-17-29)18-4-7-25(21-31)24-8-14-28(15-9-24)34-22-23-5-2-1-3-6-23/h1-3,5-6,8-15,25,33H,4,7,16-20,22H2. The molecule has 1 unspecified atom stereocenters. The highest BCUT2D eigenvalue weighted by Crippen LogP contribution is 2.33. The molecule has 0 amide bonds. The van der Waals surface area contributed by atoms with E-state index in [1.807, 2.05) is 78.9 Å². The third kappa shape index (κ3) is 6.39. The fourth-order valence-electron chi connectivity index (χ4n) is 4.56. The van der Waals surface area contributed by atoms with E-state index in [0.717, 1.165) is 54.9 Å². The minimum atomic E-state index is -0.777. The summed E-state index contributed by atoms with van der Waals surface area (Å²) < 4.78 is 5.86. The molecule has 4 nitrogen and oxygen atoms in total. The van der Waals surface area contributed by atoms with E-state index in [0.29, 0.717) is 24.5 Å². The van der Waals surface area contributed by atoms with Gasteiger partial charge in [-0.15, -0.1) is 0 Å². The van der Waals surface area contributed by atoms with Gasteiger partial charge in [-0.05, 0) is 73.2 Å². The van der Waals surface area contributed by atoms with Gasteiger partial charge in [-0.1, -0.05) is 66.2 Å². The Kier molecular flexibility index (Phi) is 8.24. The fourth-order valence-corrected chi connectivity index (χ4v) is 4.68. The summed E-state index contributed by atoms with van der Waals surface area (Å²) in [7, 11) is 0. The Morgan fingerprint density at radius 2 is 1.65 bits per heavy atom. The number of hydrogen-bond acceptors (Lipinski definition) is 4. The van der Waals surface area contributed by atoms with Crippen molar-refractivity contribution >= 4 is 11.6 Å². The topological polar surface area (TPSA) is 56.5 Å². The molecule has 0 spiro atoms. The van der Waals surface area contributed by atoms with Gasteiger partial charge >= 0.3 is 0 Å². The summed E-state index contributed by atoms with van der Waals surface area (Å²) in [6, 6.07) is 28.0. The molecule has 1 aliphatic heterocycles. The van der Waals surface area contributed by atoms with Gasteiger partial charge < -0.3 is 14.7 Å². The van der Waals surface area contributed by atoms with Crippen LogP contribution in [0, 0.1) is 11.3 Å². The molecule has 0 bridgehead atoms. The first-order valence-electron chi connectivity index (χ1n) is 11.9. The highest BCUT2D eigenvalue weighted by atomic mass is 35.5. The first-order valence-corrected chi connectivity index (χ1v) is 12.3. The molecule has 1 saturated heterocycles.